The van der Waals surface area contributed by atoms with Crippen LogP contribution in [-0.2, 0) is 20.8 Å². The number of rotatable bonds is 3. The minimum absolute atomic E-state index is 0.139. The molecule has 2 aromatic carbocycles. The molecule has 2 heterocycles. The molecule has 2 saturated carbocycles. The summed E-state index contributed by atoms with van der Waals surface area (Å²) in [5.74, 6) is 0.171. The first-order valence-corrected chi connectivity index (χ1v) is 12.0. The van der Waals surface area contributed by atoms with E-state index in [1.54, 1.807) is 0 Å². The smallest absolute Gasteiger partial charge is 0.337 e. The molecular weight excluding hydrogens is 414 g/mol. The maximum absolute atomic E-state index is 13.1. The van der Waals surface area contributed by atoms with E-state index in [9.17, 15) is 9.59 Å². The van der Waals surface area contributed by atoms with Gasteiger partial charge in [-0.3, -0.25) is 4.79 Å². The second-order valence-electron chi connectivity index (χ2n) is 9.90. The number of esters is 2. The molecule has 5 heteroatoms. The number of benzene rings is 2. The van der Waals surface area contributed by atoms with Crippen LogP contribution in [0.2, 0.25) is 0 Å². The highest BCUT2D eigenvalue weighted by molar-refractivity contribution is 6.00. The van der Waals surface area contributed by atoms with Crippen molar-refractivity contribution in [2.24, 2.45) is 5.41 Å². The van der Waals surface area contributed by atoms with E-state index in [-0.39, 0.29) is 17.9 Å². The standard InChI is InChI=1S/C28H29NO4/c1-32-26(30)18-12-13-21-23(14-18)29-16-28(27(31)33-2)15-22(28)19-10-6-7-11-20(19)25(29)24(21)17-8-4-3-5-9-17/h6-7,10-14,17,22H,3-5,8-9,15-16H2,1-2H3/t22?,28-/m0/s1. The minimum atomic E-state index is -0.548. The van der Waals surface area contributed by atoms with Gasteiger partial charge in [-0.05, 0) is 48.4 Å². The summed E-state index contributed by atoms with van der Waals surface area (Å²) in [4.78, 5) is 25.4. The zero-order valence-electron chi connectivity index (χ0n) is 19.2. The van der Waals surface area contributed by atoms with Crippen LogP contribution in [0.5, 0.6) is 0 Å². The number of nitrogens with zero attached hydrogens (tertiary/aromatic N) is 1. The number of aromatic nitrogens is 1. The van der Waals surface area contributed by atoms with Crippen LogP contribution in [0, 0.1) is 5.41 Å². The monoisotopic (exact) mass is 443 g/mol. The summed E-state index contributed by atoms with van der Waals surface area (Å²) in [6.07, 6.45) is 6.93. The number of carbonyl (C=O) groups excluding carboxylic acids is 2. The predicted octanol–water partition coefficient (Wildman–Crippen LogP) is 5.80. The van der Waals surface area contributed by atoms with Crippen LogP contribution in [0.25, 0.3) is 22.2 Å². The lowest BCUT2D eigenvalue weighted by atomic mass is 9.81. The van der Waals surface area contributed by atoms with Gasteiger partial charge in [0, 0.05) is 28.9 Å². The van der Waals surface area contributed by atoms with Crippen LogP contribution in [-0.4, -0.2) is 30.7 Å². The highest BCUT2D eigenvalue weighted by Crippen LogP contribution is 2.65. The van der Waals surface area contributed by atoms with Gasteiger partial charge in [0.25, 0.3) is 0 Å². The summed E-state index contributed by atoms with van der Waals surface area (Å²) in [5.41, 5.74) is 6.08. The quantitative estimate of drug-likeness (QED) is 0.480. The molecule has 0 N–H and O–H groups in total. The highest BCUT2D eigenvalue weighted by atomic mass is 16.5. The van der Waals surface area contributed by atoms with Gasteiger partial charge < -0.3 is 14.0 Å². The molecule has 1 aromatic heterocycles. The average Bonchev–Trinajstić information content (AvgIpc) is 3.53. The number of ether oxygens (including phenoxy) is 2. The zero-order valence-corrected chi connectivity index (χ0v) is 19.2. The highest BCUT2D eigenvalue weighted by Gasteiger charge is 2.63. The third-order valence-corrected chi connectivity index (χ3v) is 8.24. The Bertz CT molecular complexity index is 1280. The molecule has 0 saturated heterocycles. The van der Waals surface area contributed by atoms with Crippen molar-refractivity contribution in [3.8, 4) is 11.3 Å². The molecule has 0 radical (unpaired) electrons. The van der Waals surface area contributed by atoms with E-state index in [4.69, 9.17) is 9.47 Å². The van der Waals surface area contributed by atoms with Crippen molar-refractivity contribution in [2.45, 2.75) is 56.9 Å². The topological polar surface area (TPSA) is 57.5 Å². The number of hydrogen-bond donors (Lipinski definition) is 0. The van der Waals surface area contributed by atoms with Crippen molar-refractivity contribution in [1.82, 2.24) is 4.57 Å². The maximum Gasteiger partial charge on any atom is 0.337 e. The first kappa shape index (κ1) is 20.5. The second-order valence-corrected chi connectivity index (χ2v) is 9.90. The van der Waals surface area contributed by atoms with Gasteiger partial charge in [0.15, 0.2) is 0 Å². The van der Waals surface area contributed by atoms with Gasteiger partial charge in [0.2, 0.25) is 0 Å². The molecule has 2 aliphatic carbocycles. The van der Waals surface area contributed by atoms with Crippen LogP contribution in [0.3, 0.4) is 0 Å². The molecule has 1 aliphatic heterocycles. The Labute approximate surface area is 193 Å². The van der Waals surface area contributed by atoms with Gasteiger partial charge in [-0.1, -0.05) is 49.6 Å². The summed E-state index contributed by atoms with van der Waals surface area (Å²) < 4.78 is 12.6. The number of hydrogen-bond acceptors (Lipinski definition) is 4. The Kier molecular flexibility index (Phi) is 4.65. The van der Waals surface area contributed by atoms with Crippen molar-refractivity contribution >= 4 is 22.8 Å². The minimum Gasteiger partial charge on any atom is -0.469 e. The summed E-state index contributed by atoms with van der Waals surface area (Å²) in [6.45, 7) is 0.572. The van der Waals surface area contributed by atoms with Crippen molar-refractivity contribution in [1.29, 1.82) is 0 Å². The average molecular weight is 444 g/mol. The third-order valence-electron chi connectivity index (χ3n) is 8.24. The van der Waals surface area contributed by atoms with E-state index in [0.717, 1.165) is 11.9 Å². The lowest BCUT2D eigenvalue weighted by Crippen LogP contribution is -2.24. The summed E-state index contributed by atoms with van der Waals surface area (Å²) in [5, 5.41) is 1.19. The Hall–Kier alpha value is -3.08. The normalized spacial score (nSPS) is 23.8. The molecule has 33 heavy (non-hydrogen) atoms. The van der Waals surface area contributed by atoms with Crippen LogP contribution < -0.4 is 0 Å². The van der Waals surface area contributed by atoms with Crippen molar-refractivity contribution in [3.05, 3.63) is 59.2 Å². The molecule has 170 valence electrons. The van der Waals surface area contributed by atoms with Crippen molar-refractivity contribution in [3.63, 3.8) is 0 Å². The van der Waals surface area contributed by atoms with Gasteiger partial charge in [0.05, 0.1) is 30.9 Å². The fourth-order valence-corrected chi connectivity index (χ4v) is 6.56. The molecular formula is C28H29NO4. The fourth-order valence-electron chi connectivity index (χ4n) is 6.56. The molecule has 2 atom stereocenters. The Morgan fingerprint density at radius 3 is 2.55 bits per heavy atom. The van der Waals surface area contributed by atoms with Gasteiger partial charge in [-0.25, -0.2) is 4.79 Å². The second kappa shape index (κ2) is 7.47. The Balaban J connectivity index is 1.67. The molecule has 0 amide bonds. The molecule has 3 aliphatic rings. The fraction of sp³-hybridized carbons (Fsp3) is 0.429. The lowest BCUT2D eigenvalue weighted by Gasteiger charge is -2.24. The van der Waals surface area contributed by atoms with E-state index >= 15 is 0 Å². The molecule has 6 rings (SSSR count). The van der Waals surface area contributed by atoms with Crippen molar-refractivity contribution < 1.29 is 19.1 Å². The number of carbonyl (C=O) groups is 2. The predicted molar refractivity (Wildman–Crippen MR) is 126 cm³/mol. The summed E-state index contributed by atoms with van der Waals surface area (Å²) >= 11 is 0. The molecule has 0 spiro atoms. The molecule has 0 bridgehead atoms. The van der Waals surface area contributed by atoms with E-state index < -0.39 is 5.41 Å². The van der Waals surface area contributed by atoms with Crippen molar-refractivity contribution in [2.75, 3.05) is 14.2 Å². The van der Waals surface area contributed by atoms with Gasteiger partial charge in [0.1, 0.15) is 0 Å². The summed E-state index contributed by atoms with van der Waals surface area (Å²) in [6, 6.07) is 14.5. The van der Waals surface area contributed by atoms with Crippen LogP contribution in [0.15, 0.2) is 42.5 Å². The molecule has 2 fully saturated rings. The zero-order chi connectivity index (χ0) is 22.7. The first-order valence-electron chi connectivity index (χ1n) is 12.0. The van der Waals surface area contributed by atoms with E-state index in [1.807, 2.05) is 12.1 Å². The Morgan fingerprint density at radius 2 is 1.79 bits per heavy atom. The van der Waals surface area contributed by atoms with Crippen LogP contribution in [0.4, 0.5) is 0 Å². The molecule has 1 unspecified atom stereocenters. The van der Waals surface area contributed by atoms with E-state index in [1.165, 1.54) is 74.1 Å². The SMILES string of the molecule is COC(=O)c1ccc2c(C3CCCCC3)c3n(c2c1)C[C@@]1(C(=O)OC)CC1c1ccccc1-3. The van der Waals surface area contributed by atoms with Crippen LogP contribution >= 0.6 is 0 Å². The van der Waals surface area contributed by atoms with Gasteiger partial charge in [-0.15, -0.1) is 0 Å². The maximum atomic E-state index is 13.1. The van der Waals surface area contributed by atoms with E-state index in [2.05, 4.69) is 34.9 Å². The van der Waals surface area contributed by atoms with Crippen LogP contribution in [0.1, 0.15) is 71.8 Å². The molecule has 3 aromatic rings. The Morgan fingerprint density at radius 1 is 1.00 bits per heavy atom. The molecule has 5 nitrogen and oxygen atoms in total. The largest absolute Gasteiger partial charge is 0.469 e. The first-order chi connectivity index (χ1) is 16.1. The van der Waals surface area contributed by atoms with E-state index in [0.29, 0.717) is 18.0 Å². The number of fused-ring (bicyclic) bond motifs is 7. The summed E-state index contributed by atoms with van der Waals surface area (Å²) in [7, 11) is 2.90. The van der Waals surface area contributed by atoms with Gasteiger partial charge in [-0.2, -0.15) is 0 Å². The number of methoxy groups -OCH3 is 2. The lowest BCUT2D eigenvalue weighted by molar-refractivity contribution is -0.147. The third kappa shape index (κ3) is 2.91. The van der Waals surface area contributed by atoms with Gasteiger partial charge >= 0.3 is 11.9 Å².